The van der Waals surface area contributed by atoms with Gasteiger partial charge in [0.15, 0.2) is 6.10 Å². The Hall–Kier alpha value is -2.77. The van der Waals surface area contributed by atoms with Crippen molar-refractivity contribution in [2.75, 3.05) is 25.0 Å². The molecule has 4 amide bonds. The van der Waals surface area contributed by atoms with Crippen LogP contribution in [0, 0.1) is 0 Å². The number of rotatable bonds is 5. The van der Waals surface area contributed by atoms with E-state index in [1.54, 1.807) is 24.0 Å². The molecule has 8 heteroatoms. The van der Waals surface area contributed by atoms with Crippen LogP contribution in [0.15, 0.2) is 24.3 Å². The van der Waals surface area contributed by atoms with Crippen molar-refractivity contribution in [3.05, 3.63) is 24.3 Å². The Morgan fingerprint density at radius 3 is 2.72 bits per heavy atom. The minimum Gasteiger partial charge on any atom is -0.477 e. The van der Waals surface area contributed by atoms with Crippen molar-refractivity contribution in [3.8, 4) is 5.75 Å². The van der Waals surface area contributed by atoms with Gasteiger partial charge in [0.2, 0.25) is 5.91 Å². The lowest BCUT2D eigenvalue weighted by molar-refractivity contribution is -0.128. The van der Waals surface area contributed by atoms with Gasteiger partial charge < -0.3 is 20.3 Å². The summed E-state index contributed by atoms with van der Waals surface area (Å²) in [5.74, 6) is -0.144. The second kappa shape index (κ2) is 8.36. The molecule has 2 rings (SSSR count). The molecule has 25 heavy (non-hydrogen) atoms. The molecule has 1 heterocycles. The second-order valence-electron chi connectivity index (χ2n) is 5.76. The largest absolute Gasteiger partial charge is 0.477 e. The van der Waals surface area contributed by atoms with Crippen LogP contribution in [0.5, 0.6) is 5.75 Å². The molecule has 2 atom stereocenters. The molecule has 0 unspecified atom stereocenters. The van der Waals surface area contributed by atoms with Gasteiger partial charge >= 0.3 is 6.03 Å². The van der Waals surface area contributed by atoms with E-state index in [1.807, 2.05) is 19.1 Å². The first-order chi connectivity index (χ1) is 12.0. The molecule has 1 aliphatic heterocycles. The number of fused-ring (bicyclic) bond motifs is 1. The summed E-state index contributed by atoms with van der Waals surface area (Å²) in [6.45, 7) is 4.43. The lowest BCUT2D eigenvalue weighted by Crippen LogP contribution is -2.56. The first kappa shape index (κ1) is 18.6. The van der Waals surface area contributed by atoms with Crippen molar-refractivity contribution in [1.29, 1.82) is 0 Å². The van der Waals surface area contributed by atoms with E-state index in [4.69, 9.17) is 4.74 Å². The van der Waals surface area contributed by atoms with E-state index in [0.717, 1.165) is 6.42 Å². The zero-order valence-corrected chi connectivity index (χ0v) is 14.7. The maximum atomic E-state index is 12.3. The van der Waals surface area contributed by atoms with Crippen LogP contribution >= 0.6 is 0 Å². The summed E-state index contributed by atoms with van der Waals surface area (Å²) in [7, 11) is 1.44. The van der Waals surface area contributed by atoms with E-state index in [-0.39, 0.29) is 12.5 Å². The van der Waals surface area contributed by atoms with E-state index in [0.29, 0.717) is 18.0 Å². The fourth-order valence-electron chi connectivity index (χ4n) is 2.55. The third-order valence-corrected chi connectivity index (χ3v) is 3.96. The lowest BCUT2D eigenvalue weighted by atomic mass is 10.1. The van der Waals surface area contributed by atoms with Gasteiger partial charge in [0.05, 0.1) is 12.2 Å². The standard InChI is InChI=1S/C17H24N4O4/c1-4-9-19-16(23)14-10-21(11(2)15(22)20-17(24)18-3)12-7-5-6-8-13(12)25-14/h5-8,11,14H,4,9-10H2,1-3H3,(H,19,23)(H2,18,20,22,24)/t11-,14-/m0/s1. The Bertz CT molecular complexity index is 649. The average molecular weight is 348 g/mol. The number of hydrogen-bond acceptors (Lipinski definition) is 5. The van der Waals surface area contributed by atoms with Crippen LogP contribution in [-0.4, -0.2) is 50.1 Å². The predicted molar refractivity (Wildman–Crippen MR) is 93.6 cm³/mol. The summed E-state index contributed by atoms with van der Waals surface area (Å²) >= 11 is 0. The molecule has 0 aliphatic carbocycles. The Kier molecular flexibility index (Phi) is 6.21. The van der Waals surface area contributed by atoms with Crippen molar-refractivity contribution in [2.45, 2.75) is 32.4 Å². The molecule has 8 nitrogen and oxygen atoms in total. The summed E-state index contributed by atoms with van der Waals surface area (Å²) in [4.78, 5) is 37.8. The molecule has 136 valence electrons. The summed E-state index contributed by atoms with van der Waals surface area (Å²) in [6.07, 6.45) is 0.0978. The van der Waals surface area contributed by atoms with Crippen LogP contribution in [0.2, 0.25) is 0 Å². The molecule has 1 aromatic rings. The van der Waals surface area contributed by atoms with Crippen LogP contribution in [-0.2, 0) is 9.59 Å². The van der Waals surface area contributed by atoms with Gasteiger partial charge in [-0.2, -0.15) is 0 Å². The average Bonchev–Trinajstić information content (AvgIpc) is 2.64. The molecule has 0 radical (unpaired) electrons. The molecular formula is C17H24N4O4. The van der Waals surface area contributed by atoms with Gasteiger partial charge in [0.1, 0.15) is 11.8 Å². The number of hydrogen-bond donors (Lipinski definition) is 3. The van der Waals surface area contributed by atoms with E-state index in [2.05, 4.69) is 16.0 Å². The Labute approximate surface area is 146 Å². The van der Waals surface area contributed by atoms with Gasteiger partial charge in [-0.1, -0.05) is 19.1 Å². The molecule has 0 spiro atoms. The Balaban J connectivity index is 2.21. The van der Waals surface area contributed by atoms with E-state index >= 15 is 0 Å². The van der Waals surface area contributed by atoms with Crippen LogP contribution in [0.4, 0.5) is 10.5 Å². The van der Waals surface area contributed by atoms with Gasteiger partial charge in [0.25, 0.3) is 5.91 Å². The predicted octanol–water partition coefficient (Wildman–Crippen LogP) is 0.624. The van der Waals surface area contributed by atoms with Crippen LogP contribution in [0.1, 0.15) is 20.3 Å². The van der Waals surface area contributed by atoms with E-state index in [9.17, 15) is 14.4 Å². The Morgan fingerprint density at radius 2 is 2.04 bits per heavy atom. The molecule has 1 aromatic carbocycles. The smallest absolute Gasteiger partial charge is 0.321 e. The molecule has 0 saturated heterocycles. The third kappa shape index (κ3) is 4.40. The number of ether oxygens (including phenoxy) is 1. The number of imide groups is 1. The number of nitrogens with one attached hydrogen (secondary N) is 3. The minimum atomic E-state index is -0.725. The van der Waals surface area contributed by atoms with Crippen molar-refractivity contribution in [3.63, 3.8) is 0 Å². The van der Waals surface area contributed by atoms with E-state index in [1.165, 1.54) is 7.05 Å². The first-order valence-corrected chi connectivity index (χ1v) is 8.30. The Morgan fingerprint density at radius 1 is 1.32 bits per heavy atom. The first-order valence-electron chi connectivity index (χ1n) is 8.30. The number of carbonyl (C=O) groups excluding carboxylic acids is 3. The molecule has 1 aliphatic rings. The second-order valence-corrected chi connectivity index (χ2v) is 5.76. The quantitative estimate of drug-likeness (QED) is 0.725. The van der Waals surface area contributed by atoms with Gasteiger partial charge in [-0.15, -0.1) is 0 Å². The molecule has 0 saturated carbocycles. The summed E-state index contributed by atoms with van der Waals surface area (Å²) in [5, 5.41) is 7.42. The number of nitrogens with zero attached hydrogens (tertiary/aromatic N) is 1. The highest BCUT2D eigenvalue weighted by atomic mass is 16.5. The van der Waals surface area contributed by atoms with Crippen LogP contribution in [0.25, 0.3) is 0 Å². The van der Waals surface area contributed by atoms with Crippen LogP contribution < -0.4 is 25.6 Å². The van der Waals surface area contributed by atoms with Crippen molar-refractivity contribution >= 4 is 23.5 Å². The highest BCUT2D eigenvalue weighted by Crippen LogP contribution is 2.34. The summed E-state index contributed by atoms with van der Waals surface area (Å²) < 4.78 is 5.79. The van der Waals surface area contributed by atoms with Crippen molar-refractivity contribution < 1.29 is 19.1 Å². The molecule has 0 aromatic heterocycles. The van der Waals surface area contributed by atoms with Gasteiger partial charge in [-0.25, -0.2) is 4.79 Å². The van der Waals surface area contributed by atoms with Crippen molar-refractivity contribution in [2.24, 2.45) is 0 Å². The number of para-hydroxylation sites is 2. The topological polar surface area (TPSA) is 99.8 Å². The van der Waals surface area contributed by atoms with Crippen molar-refractivity contribution in [1.82, 2.24) is 16.0 Å². The molecule has 0 fully saturated rings. The number of amides is 4. The minimum absolute atomic E-state index is 0.217. The zero-order chi connectivity index (χ0) is 18.4. The molecular weight excluding hydrogens is 324 g/mol. The lowest BCUT2D eigenvalue weighted by Gasteiger charge is -2.38. The fourth-order valence-corrected chi connectivity index (χ4v) is 2.55. The van der Waals surface area contributed by atoms with Gasteiger partial charge in [-0.05, 0) is 25.5 Å². The fraction of sp³-hybridized carbons (Fsp3) is 0.471. The molecule has 0 bridgehead atoms. The highest BCUT2D eigenvalue weighted by molar-refractivity contribution is 5.98. The number of carbonyl (C=O) groups is 3. The summed E-state index contributed by atoms with van der Waals surface area (Å²) in [6, 6.07) is 5.98. The monoisotopic (exact) mass is 348 g/mol. The number of benzene rings is 1. The number of anilines is 1. The van der Waals surface area contributed by atoms with Gasteiger partial charge in [-0.3, -0.25) is 14.9 Å². The van der Waals surface area contributed by atoms with Gasteiger partial charge in [0, 0.05) is 13.6 Å². The maximum absolute atomic E-state index is 12.3. The zero-order valence-electron chi connectivity index (χ0n) is 14.7. The molecule has 3 N–H and O–H groups in total. The highest BCUT2D eigenvalue weighted by Gasteiger charge is 2.35. The SMILES string of the molecule is CCCNC(=O)[C@@H]1CN([C@@H](C)C(=O)NC(=O)NC)c2ccccc2O1. The van der Waals surface area contributed by atoms with Crippen LogP contribution in [0.3, 0.4) is 0 Å². The number of urea groups is 1. The summed E-state index contributed by atoms with van der Waals surface area (Å²) in [5.41, 5.74) is 0.710. The van der Waals surface area contributed by atoms with E-state index < -0.39 is 24.1 Å². The maximum Gasteiger partial charge on any atom is 0.321 e. The normalized spacial score (nSPS) is 16.9. The third-order valence-electron chi connectivity index (χ3n) is 3.96.